The molecule has 0 spiro atoms. The molecule has 4 aromatic heterocycles. The van der Waals surface area contributed by atoms with E-state index in [9.17, 15) is 4.79 Å². The molecule has 0 saturated carbocycles. The van der Waals surface area contributed by atoms with Gasteiger partial charge in [0, 0.05) is 76.4 Å². The van der Waals surface area contributed by atoms with E-state index < -0.39 is 0 Å². The number of pyridine rings is 1. The molecule has 10 heteroatoms. The van der Waals surface area contributed by atoms with Crippen molar-refractivity contribution < 1.29 is 4.79 Å². The van der Waals surface area contributed by atoms with Gasteiger partial charge in [0.15, 0.2) is 5.65 Å². The highest BCUT2D eigenvalue weighted by Gasteiger charge is 2.27. The number of amides is 1. The minimum Gasteiger partial charge on any atom is -0.336 e. The smallest absolute Gasteiger partial charge is 0.254 e. The molecule has 0 aliphatic carbocycles. The molecule has 1 aliphatic heterocycles. The van der Waals surface area contributed by atoms with Gasteiger partial charge in [-0.3, -0.25) is 19.1 Å². The molecule has 1 amide bonds. The highest BCUT2D eigenvalue weighted by molar-refractivity contribution is 6.07. The van der Waals surface area contributed by atoms with Crippen LogP contribution in [0.25, 0.3) is 22.3 Å². The lowest BCUT2D eigenvalue weighted by molar-refractivity contribution is 0.0630. The molecule has 5 rings (SSSR count). The summed E-state index contributed by atoms with van der Waals surface area (Å²) in [7, 11) is 3.85. The zero-order valence-corrected chi connectivity index (χ0v) is 21.2. The second-order valence-corrected chi connectivity index (χ2v) is 9.42. The fraction of sp³-hybridized carbons (Fsp3) is 0.480. The summed E-state index contributed by atoms with van der Waals surface area (Å²) in [4.78, 5) is 23.2. The van der Waals surface area contributed by atoms with Crippen LogP contribution in [0.2, 0.25) is 0 Å². The summed E-state index contributed by atoms with van der Waals surface area (Å²) in [5.74, 6) is 0.0420. The maximum Gasteiger partial charge on any atom is 0.254 e. The molecule has 0 radical (unpaired) electrons. The first-order valence-corrected chi connectivity index (χ1v) is 12.2. The molecule has 10 nitrogen and oxygen atoms in total. The Bertz CT molecular complexity index is 1370. The molecule has 5 heterocycles. The first-order valence-electron chi connectivity index (χ1n) is 12.2. The Labute approximate surface area is 205 Å². The van der Waals surface area contributed by atoms with E-state index in [4.69, 9.17) is 10.1 Å². The lowest BCUT2D eigenvalue weighted by atomic mass is 10.0. The topological polar surface area (TPSA) is 89.9 Å². The van der Waals surface area contributed by atoms with Gasteiger partial charge < -0.3 is 4.90 Å². The molecule has 0 N–H and O–H groups in total. The predicted molar refractivity (Wildman–Crippen MR) is 134 cm³/mol. The molecule has 0 atom stereocenters. The Balaban J connectivity index is 1.46. The van der Waals surface area contributed by atoms with Crippen molar-refractivity contribution in [2.45, 2.75) is 40.3 Å². The van der Waals surface area contributed by atoms with Gasteiger partial charge in [0.25, 0.3) is 5.91 Å². The van der Waals surface area contributed by atoms with Crippen LogP contribution in [0.5, 0.6) is 0 Å². The van der Waals surface area contributed by atoms with E-state index in [-0.39, 0.29) is 5.91 Å². The summed E-state index contributed by atoms with van der Waals surface area (Å²) in [6, 6.07) is 1.93. The summed E-state index contributed by atoms with van der Waals surface area (Å²) < 4.78 is 5.59. The highest BCUT2D eigenvalue weighted by atomic mass is 16.2. The summed E-state index contributed by atoms with van der Waals surface area (Å²) >= 11 is 0. The third-order valence-electron chi connectivity index (χ3n) is 6.88. The lowest BCUT2D eigenvalue weighted by Crippen LogP contribution is -2.48. The fourth-order valence-electron chi connectivity index (χ4n) is 4.87. The minimum atomic E-state index is 0.0420. The number of piperazine rings is 1. The van der Waals surface area contributed by atoms with Crippen LogP contribution in [0.1, 0.15) is 40.7 Å². The summed E-state index contributed by atoms with van der Waals surface area (Å²) in [6.07, 6.45) is 6.71. The van der Waals surface area contributed by atoms with Crippen LogP contribution < -0.4 is 0 Å². The van der Waals surface area contributed by atoms with Gasteiger partial charge in [0.1, 0.15) is 0 Å². The van der Waals surface area contributed by atoms with E-state index in [1.54, 1.807) is 0 Å². The Kier molecular flexibility index (Phi) is 6.14. The molecular weight excluding hydrogens is 442 g/mol. The number of hydrogen-bond acceptors (Lipinski definition) is 6. The van der Waals surface area contributed by atoms with Gasteiger partial charge in [0.05, 0.1) is 34.7 Å². The van der Waals surface area contributed by atoms with E-state index in [0.717, 1.165) is 66.3 Å². The van der Waals surface area contributed by atoms with Gasteiger partial charge in [-0.05, 0) is 26.3 Å². The second kappa shape index (κ2) is 9.26. The van der Waals surface area contributed by atoms with Crippen molar-refractivity contribution in [3.05, 3.63) is 47.2 Å². The number of hydrogen-bond donors (Lipinski definition) is 0. The molecule has 0 bridgehead atoms. The van der Waals surface area contributed by atoms with Crippen LogP contribution >= 0.6 is 0 Å². The van der Waals surface area contributed by atoms with E-state index in [1.807, 2.05) is 71.5 Å². The molecule has 1 fully saturated rings. The van der Waals surface area contributed by atoms with Gasteiger partial charge in [-0.25, -0.2) is 9.67 Å². The Morgan fingerprint density at radius 1 is 1.06 bits per heavy atom. The van der Waals surface area contributed by atoms with Gasteiger partial charge in [-0.2, -0.15) is 15.3 Å². The summed E-state index contributed by atoms with van der Waals surface area (Å²) in [5.41, 5.74) is 6.19. The van der Waals surface area contributed by atoms with Crippen LogP contribution in [0, 0.1) is 13.8 Å². The number of nitrogens with zero attached hydrogens (tertiary/aromatic N) is 9. The van der Waals surface area contributed by atoms with E-state index >= 15 is 0 Å². The van der Waals surface area contributed by atoms with Gasteiger partial charge >= 0.3 is 0 Å². The van der Waals surface area contributed by atoms with Gasteiger partial charge in [-0.15, -0.1) is 0 Å². The number of aromatic nitrogens is 7. The zero-order valence-electron chi connectivity index (χ0n) is 21.2. The lowest BCUT2D eigenvalue weighted by Gasteiger charge is -2.34. The molecular formula is C25H33N9O. The van der Waals surface area contributed by atoms with Crippen molar-refractivity contribution in [3.63, 3.8) is 0 Å². The minimum absolute atomic E-state index is 0.0420. The molecule has 35 heavy (non-hydrogen) atoms. The van der Waals surface area contributed by atoms with E-state index in [2.05, 4.69) is 22.0 Å². The summed E-state index contributed by atoms with van der Waals surface area (Å²) in [5, 5.41) is 14.2. The Morgan fingerprint density at radius 2 is 1.83 bits per heavy atom. The number of aryl methyl sites for hydroxylation is 4. The zero-order chi connectivity index (χ0) is 24.7. The quantitative estimate of drug-likeness (QED) is 0.426. The standard InChI is InChI=1S/C25H33N9O/c1-6-7-34-24-23(17(2)29-34)20(12-22(28-24)21-14-27-31(5)18(21)3)25(35)33-10-8-32(9-11-33)16-19-13-26-30(4)15-19/h12-15H,6-11,16H2,1-5H3. The van der Waals surface area contributed by atoms with Crippen molar-refractivity contribution in [1.82, 2.24) is 44.1 Å². The monoisotopic (exact) mass is 475 g/mol. The van der Waals surface area contributed by atoms with Crippen molar-refractivity contribution in [2.24, 2.45) is 14.1 Å². The predicted octanol–water partition coefficient (Wildman–Crippen LogP) is 2.55. The molecule has 1 aliphatic rings. The first kappa shape index (κ1) is 23.2. The molecule has 184 valence electrons. The van der Waals surface area contributed by atoms with Crippen molar-refractivity contribution in [2.75, 3.05) is 26.2 Å². The van der Waals surface area contributed by atoms with E-state index in [0.29, 0.717) is 18.7 Å². The van der Waals surface area contributed by atoms with Crippen molar-refractivity contribution in [1.29, 1.82) is 0 Å². The number of fused-ring (bicyclic) bond motifs is 1. The fourth-order valence-corrected chi connectivity index (χ4v) is 4.87. The van der Waals surface area contributed by atoms with E-state index in [1.165, 1.54) is 5.56 Å². The van der Waals surface area contributed by atoms with Crippen LogP contribution in [0.3, 0.4) is 0 Å². The summed E-state index contributed by atoms with van der Waals surface area (Å²) in [6.45, 7) is 10.7. The van der Waals surface area contributed by atoms with Gasteiger partial charge in [-0.1, -0.05) is 6.92 Å². The number of carbonyl (C=O) groups is 1. The maximum absolute atomic E-state index is 13.9. The molecule has 4 aromatic rings. The Hall–Kier alpha value is -3.53. The molecule has 1 saturated heterocycles. The van der Waals surface area contributed by atoms with Crippen LogP contribution in [0.15, 0.2) is 24.7 Å². The number of rotatable bonds is 6. The average molecular weight is 476 g/mol. The Morgan fingerprint density at radius 3 is 2.46 bits per heavy atom. The second-order valence-electron chi connectivity index (χ2n) is 9.42. The molecule has 0 unspecified atom stereocenters. The SMILES string of the molecule is CCCn1nc(C)c2c(C(=O)N3CCN(Cc4cnn(C)c4)CC3)cc(-c3cnn(C)c3C)nc21. The van der Waals surface area contributed by atoms with Crippen molar-refractivity contribution in [3.8, 4) is 11.3 Å². The third kappa shape index (κ3) is 4.34. The van der Waals surface area contributed by atoms with Crippen LogP contribution in [-0.4, -0.2) is 76.2 Å². The average Bonchev–Trinajstić information content (AvgIpc) is 3.51. The van der Waals surface area contributed by atoms with Gasteiger partial charge in [0.2, 0.25) is 0 Å². The molecule has 0 aromatic carbocycles. The first-order chi connectivity index (χ1) is 16.9. The van der Waals surface area contributed by atoms with Crippen LogP contribution in [0.4, 0.5) is 0 Å². The van der Waals surface area contributed by atoms with Crippen molar-refractivity contribution >= 4 is 16.9 Å². The maximum atomic E-state index is 13.9. The third-order valence-corrected chi connectivity index (χ3v) is 6.88. The van der Waals surface area contributed by atoms with Crippen LogP contribution in [-0.2, 0) is 27.2 Å². The largest absolute Gasteiger partial charge is 0.336 e. The number of carbonyl (C=O) groups excluding carboxylic acids is 1. The highest BCUT2D eigenvalue weighted by Crippen LogP contribution is 2.30. The normalized spacial score (nSPS) is 14.8.